The molecule has 1 atom stereocenters. The topological polar surface area (TPSA) is 95.7 Å². The zero-order valence-electron chi connectivity index (χ0n) is 14.4. The van der Waals surface area contributed by atoms with Crippen LogP contribution in [-0.2, 0) is 27.5 Å². The van der Waals surface area contributed by atoms with Crippen LogP contribution in [0.15, 0.2) is 23.5 Å². The molecule has 1 saturated heterocycles. The van der Waals surface area contributed by atoms with Crippen molar-refractivity contribution in [1.82, 2.24) is 19.4 Å². The van der Waals surface area contributed by atoms with E-state index < -0.39 is 5.97 Å². The molecular weight excluding hydrogens is 323 g/mol. The first-order chi connectivity index (χ1) is 11.0. The van der Waals surface area contributed by atoms with E-state index in [9.17, 15) is 14.4 Å². The molecule has 8 nitrogen and oxygen atoms in total. The van der Waals surface area contributed by atoms with Crippen molar-refractivity contribution in [2.75, 3.05) is 7.05 Å². The third-order valence-electron chi connectivity index (χ3n) is 4.44. The largest absolute Gasteiger partial charge is 1.00 e. The van der Waals surface area contributed by atoms with Crippen molar-refractivity contribution in [3.63, 3.8) is 0 Å². The summed E-state index contributed by atoms with van der Waals surface area (Å²) in [5.74, 6) is -0.580. The second-order valence-electron chi connectivity index (χ2n) is 5.88. The molecule has 1 aromatic rings. The van der Waals surface area contributed by atoms with Crippen molar-refractivity contribution in [2.45, 2.75) is 25.6 Å². The fraction of sp³-hybridized carbons (Fsp3) is 0.333. The summed E-state index contributed by atoms with van der Waals surface area (Å²) in [6.07, 6.45) is 5.52. The van der Waals surface area contributed by atoms with E-state index in [0.717, 1.165) is 5.82 Å². The van der Waals surface area contributed by atoms with Gasteiger partial charge in [0.15, 0.2) is 0 Å². The van der Waals surface area contributed by atoms with E-state index >= 15 is 0 Å². The van der Waals surface area contributed by atoms with Crippen LogP contribution in [0.3, 0.4) is 0 Å². The summed E-state index contributed by atoms with van der Waals surface area (Å²) in [6.45, 7) is 0.687. The Balaban J connectivity index is 0.00000113. The van der Waals surface area contributed by atoms with Crippen molar-refractivity contribution in [1.29, 1.82) is 0 Å². The van der Waals surface area contributed by atoms with Crippen LogP contribution in [0, 0.1) is 0 Å². The quantitative estimate of drug-likeness (QED) is 0.351. The summed E-state index contributed by atoms with van der Waals surface area (Å²) >= 11 is 0. The molecule has 120 valence electrons. The van der Waals surface area contributed by atoms with E-state index in [0.29, 0.717) is 24.2 Å². The number of amides is 2. The number of nitrogens with zero attached hydrogens (tertiary/aromatic N) is 4. The van der Waals surface area contributed by atoms with Gasteiger partial charge in [-0.15, -0.1) is 0 Å². The number of rotatable bonds is 2. The van der Waals surface area contributed by atoms with Crippen molar-refractivity contribution >= 4 is 23.9 Å². The van der Waals surface area contributed by atoms with Gasteiger partial charge in [-0.05, 0) is 12.5 Å². The van der Waals surface area contributed by atoms with E-state index in [2.05, 4.69) is 4.98 Å². The number of carboxylic acid groups (broad SMARTS) is 1. The normalized spacial score (nSPS) is 23.5. The van der Waals surface area contributed by atoms with Gasteiger partial charge in [0.05, 0.1) is 18.3 Å². The Bertz CT molecular complexity index is 831. The second kappa shape index (κ2) is 5.87. The first kappa shape index (κ1) is 16.9. The summed E-state index contributed by atoms with van der Waals surface area (Å²) in [5.41, 5.74) is 1.23. The van der Waals surface area contributed by atoms with E-state index in [1.807, 2.05) is 0 Å². The molecule has 0 aromatic carbocycles. The van der Waals surface area contributed by atoms with Crippen molar-refractivity contribution in [3.05, 3.63) is 35.1 Å². The number of β-lactam (4-membered cyclic amide) rings is 1. The number of hydrogen-bond donors (Lipinski definition) is 1. The SMILES string of the molecule is CN1Cc2nc(/C=C3/C(=O)N4C(C(=O)O)=CCC34)cn2CC1=O.[H-].[Na+]. The molecule has 0 bridgehead atoms. The Labute approximate surface area is 161 Å². The average molecular weight is 338 g/mol. The fourth-order valence-corrected chi connectivity index (χ4v) is 3.21. The molecule has 24 heavy (non-hydrogen) atoms. The summed E-state index contributed by atoms with van der Waals surface area (Å²) in [6, 6.07) is -0.211. The Kier molecular flexibility index (Phi) is 4.15. The maximum atomic E-state index is 12.2. The number of hydrogen-bond acceptors (Lipinski definition) is 4. The third kappa shape index (κ3) is 2.42. The van der Waals surface area contributed by atoms with Crippen molar-refractivity contribution < 1.29 is 50.5 Å². The number of imidazole rings is 1. The summed E-state index contributed by atoms with van der Waals surface area (Å²) in [4.78, 5) is 42.3. The van der Waals surface area contributed by atoms with Gasteiger partial charge < -0.3 is 16.0 Å². The van der Waals surface area contributed by atoms with Gasteiger partial charge in [-0.25, -0.2) is 9.78 Å². The van der Waals surface area contributed by atoms with Crippen LogP contribution in [0.5, 0.6) is 0 Å². The molecular formula is C15H15N4NaO4. The van der Waals surface area contributed by atoms with E-state index in [1.54, 1.807) is 34.9 Å². The Morgan fingerprint density at radius 3 is 2.88 bits per heavy atom. The van der Waals surface area contributed by atoms with Crippen LogP contribution in [-0.4, -0.2) is 55.3 Å². The van der Waals surface area contributed by atoms with E-state index in [4.69, 9.17) is 5.11 Å². The minimum Gasteiger partial charge on any atom is -1.00 e. The number of carbonyl (C=O) groups is 3. The Hall–Kier alpha value is -1.90. The van der Waals surface area contributed by atoms with Gasteiger partial charge in [-0.1, -0.05) is 6.08 Å². The van der Waals surface area contributed by atoms with Crippen LogP contribution >= 0.6 is 0 Å². The minimum atomic E-state index is -1.08. The van der Waals surface area contributed by atoms with Gasteiger partial charge in [-0.2, -0.15) is 0 Å². The molecule has 0 aliphatic carbocycles. The number of carboxylic acids is 1. The van der Waals surface area contributed by atoms with Crippen LogP contribution in [0.25, 0.3) is 6.08 Å². The number of aliphatic carboxylic acids is 1. The fourth-order valence-electron chi connectivity index (χ4n) is 3.21. The molecule has 4 rings (SSSR count). The van der Waals surface area contributed by atoms with Crippen LogP contribution in [0.2, 0.25) is 0 Å². The Morgan fingerprint density at radius 1 is 1.42 bits per heavy atom. The molecule has 0 spiro atoms. The molecule has 1 aromatic heterocycles. The minimum absolute atomic E-state index is 0. The molecule has 4 heterocycles. The molecule has 3 aliphatic rings. The van der Waals surface area contributed by atoms with Gasteiger partial charge in [0.25, 0.3) is 5.91 Å². The summed E-state index contributed by atoms with van der Waals surface area (Å²) in [5, 5.41) is 9.06. The van der Waals surface area contributed by atoms with Crippen LogP contribution < -0.4 is 29.6 Å². The molecule has 3 aliphatic heterocycles. The monoisotopic (exact) mass is 338 g/mol. The first-order valence-electron chi connectivity index (χ1n) is 7.24. The molecule has 1 unspecified atom stereocenters. The molecule has 9 heteroatoms. The molecule has 0 saturated carbocycles. The van der Waals surface area contributed by atoms with Gasteiger partial charge in [0.1, 0.15) is 18.1 Å². The number of likely N-dealkylation sites (N-methyl/N-ethyl adjacent to an activating group) is 1. The predicted molar refractivity (Wildman–Crippen MR) is 78.8 cm³/mol. The summed E-state index contributed by atoms with van der Waals surface area (Å²) in [7, 11) is 1.73. The van der Waals surface area contributed by atoms with Crippen molar-refractivity contribution in [3.8, 4) is 0 Å². The smallest absolute Gasteiger partial charge is 1.00 e. The Morgan fingerprint density at radius 2 is 2.17 bits per heavy atom. The van der Waals surface area contributed by atoms with Gasteiger partial charge >= 0.3 is 35.5 Å². The first-order valence-corrected chi connectivity index (χ1v) is 7.24. The second-order valence-corrected chi connectivity index (χ2v) is 5.88. The van der Waals surface area contributed by atoms with Gasteiger partial charge in [0.2, 0.25) is 5.91 Å². The summed E-state index contributed by atoms with van der Waals surface area (Å²) < 4.78 is 1.78. The molecule has 2 amide bonds. The van der Waals surface area contributed by atoms with Crippen LogP contribution in [0.4, 0.5) is 0 Å². The predicted octanol–water partition coefficient (Wildman–Crippen LogP) is -3.06. The van der Waals surface area contributed by atoms with Gasteiger partial charge in [0, 0.05) is 18.8 Å². The zero-order chi connectivity index (χ0) is 16.3. The zero-order valence-corrected chi connectivity index (χ0v) is 15.4. The number of fused-ring (bicyclic) bond motifs is 2. The molecule has 1 fully saturated rings. The van der Waals surface area contributed by atoms with Gasteiger partial charge in [-0.3, -0.25) is 14.5 Å². The third-order valence-corrected chi connectivity index (χ3v) is 4.44. The standard InChI is InChI=1S/C15H14N4O4.Na.H/c1-17-6-12-16-8(5-18(12)7-13(17)20)4-9-10-2-3-11(15(22)23)19(10)14(9)21;;/h3-5,10H,2,6-7H2,1H3,(H,22,23);;/q;+1;-1/b9-4+;;. The number of carbonyl (C=O) groups excluding carboxylic acids is 2. The van der Waals surface area contributed by atoms with E-state index in [1.165, 1.54) is 4.90 Å². The maximum absolute atomic E-state index is 12.2. The average Bonchev–Trinajstić information content (AvgIpc) is 3.06. The number of aromatic nitrogens is 2. The van der Waals surface area contributed by atoms with Crippen LogP contribution in [0.1, 0.15) is 19.4 Å². The van der Waals surface area contributed by atoms with Crippen molar-refractivity contribution in [2.24, 2.45) is 0 Å². The maximum Gasteiger partial charge on any atom is 1.00 e. The molecule has 0 radical (unpaired) electrons. The molecule has 1 N–H and O–H groups in total. The van der Waals surface area contributed by atoms with E-state index in [-0.39, 0.29) is 61.1 Å².